The van der Waals surface area contributed by atoms with Crippen LogP contribution in [0.25, 0.3) is 0 Å². The standard InChI is InChI=1S/C12H23NO/c1-2-3-4-5-6-10-14-12-8-7-9-13-11-12/h2,12-13H,1,3-11H2. The molecule has 0 aromatic heterocycles. The zero-order valence-corrected chi connectivity index (χ0v) is 9.13. The van der Waals surface area contributed by atoms with Crippen molar-refractivity contribution < 1.29 is 4.74 Å². The third-order valence-corrected chi connectivity index (χ3v) is 2.66. The van der Waals surface area contributed by atoms with Gasteiger partial charge in [-0.25, -0.2) is 0 Å². The van der Waals surface area contributed by atoms with E-state index in [0.717, 1.165) is 19.6 Å². The topological polar surface area (TPSA) is 21.3 Å². The first-order valence-electron chi connectivity index (χ1n) is 5.86. The highest BCUT2D eigenvalue weighted by molar-refractivity contribution is 4.68. The Morgan fingerprint density at radius 3 is 3.00 bits per heavy atom. The van der Waals surface area contributed by atoms with Crippen molar-refractivity contribution in [1.82, 2.24) is 5.32 Å². The summed E-state index contributed by atoms with van der Waals surface area (Å²) in [6.45, 7) is 6.86. The zero-order valence-electron chi connectivity index (χ0n) is 9.13. The van der Waals surface area contributed by atoms with E-state index in [2.05, 4.69) is 11.9 Å². The van der Waals surface area contributed by atoms with Crippen molar-refractivity contribution >= 4 is 0 Å². The number of unbranched alkanes of at least 4 members (excludes halogenated alkanes) is 3. The van der Waals surface area contributed by atoms with Crippen molar-refractivity contribution in [3.05, 3.63) is 12.7 Å². The van der Waals surface area contributed by atoms with Gasteiger partial charge in [-0.05, 0) is 38.6 Å². The predicted octanol–water partition coefficient (Wildman–Crippen LogP) is 2.50. The molecule has 0 aromatic carbocycles. The summed E-state index contributed by atoms with van der Waals surface area (Å²) in [5.41, 5.74) is 0. The third-order valence-electron chi connectivity index (χ3n) is 2.66. The summed E-state index contributed by atoms with van der Waals surface area (Å²) in [5, 5.41) is 3.36. The van der Waals surface area contributed by atoms with Gasteiger partial charge in [0.05, 0.1) is 6.10 Å². The molecule has 0 aromatic rings. The van der Waals surface area contributed by atoms with Gasteiger partial charge in [0.2, 0.25) is 0 Å². The molecule has 82 valence electrons. The summed E-state index contributed by atoms with van der Waals surface area (Å²) >= 11 is 0. The molecule has 0 saturated carbocycles. The minimum absolute atomic E-state index is 0.475. The van der Waals surface area contributed by atoms with Gasteiger partial charge >= 0.3 is 0 Å². The lowest BCUT2D eigenvalue weighted by molar-refractivity contribution is 0.0348. The lowest BCUT2D eigenvalue weighted by atomic mass is 10.1. The molecule has 2 nitrogen and oxygen atoms in total. The maximum atomic E-state index is 5.77. The molecule has 2 heteroatoms. The highest BCUT2D eigenvalue weighted by Gasteiger charge is 2.12. The number of nitrogens with one attached hydrogen (secondary N) is 1. The van der Waals surface area contributed by atoms with Gasteiger partial charge in [0.15, 0.2) is 0 Å². The molecule has 1 fully saturated rings. The van der Waals surface area contributed by atoms with E-state index in [9.17, 15) is 0 Å². The first-order valence-corrected chi connectivity index (χ1v) is 5.86. The Bertz CT molecular complexity index is 141. The van der Waals surface area contributed by atoms with Gasteiger partial charge in [0, 0.05) is 13.2 Å². The molecule has 1 heterocycles. The van der Waals surface area contributed by atoms with Crippen LogP contribution in [0.3, 0.4) is 0 Å². The number of hydrogen-bond acceptors (Lipinski definition) is 2. The molecule has 1 saturated heterocycles. The van der Waals surface area contributed by atoms with Crippen LogP contribution in [0.1, 0.15) is 38.5 Å². The first kappa shape index (κ1) is 11.7. The molecule has 0 amide bonds. The largest absolute Gasteiger partial charge is 0.377 e. The molecule has 0 spiro atoms. The van der Waals surface area contributed by atoms with E-state index < -0.39 is 0 Å². The van der Waals surface area contributed by atoms with Crippen LogP contribution in [0.4, 0.5) is 0 Å². The molecule has 1 aliphatic rings. The van der Waals surface area contributed by atoms with Gasteiger partial charge in [0.1, 0.15) is 0 Å². The van der Waals surface area contributed by atoms with E-state index in [1.165, 1.54) is 38.6 Å². The van der Waals surface area contributed by atoms with Crippen LogP contribution in [0, 0.1) is 0 Å². The molecule has 0 bridgehead atoms. The van der Waals surface area contributed by atoms with Crippen LogP contribution >= 0.6 is 0 Å². The van der Waals surface area contributed by atoms with Crippen LogP contribution in [-0.4, -0.2) is 25.8 Å². The molecule has 0 radical (unpaired) electrons. The second-order valence-corrected chi connectivity index (χ2v) is 3.98. The minimum atomic E-state index is 0.475. The van der Waals surface area contributed by atoms with Gasteiger partial charge in [-0.15, -0.1) is 6.58 Å². The minimum Gasteiger partial charge on any atom is -0.377 e. The molecular weight excluding hydrogens is 174 g/mol. The molecule has 1 atom stereocenters. The average molecular weight is 197 g/mol. The summed E-state index contributed by atoms with van der Waals surface area (Å²) in [6, 6.07) is 0. The number of hydrogen-bond donors (Lipinski definition) is 1. The Morgan fingerprint density at radius 1 is 1.36 bits per heavy atom. The Balaban J connectivity index is 1.85. The molecular formula is C12H23NO. The van der Waals surface area contributed by atoms with Crippen molar-refractivity contribution in [3.8, 4) is 0 Å². The van der Waals surface area contributed by atoms with Gasteiger partial charge in [0.25, 0.3) is 0 Å². The van der Waals surface area contributed by atoms with Crippen LogP contribution in [-0.2, 0) is 4.74 Å². The Kier molecular flexibility index (Phi) is 6.71. The predicted molar refractivity (Wildman–Crippen MR) is 60.5 cm³/mol. The molecule has 1 unspecified atom stereocenters. The molecule has 0 aliphatic carbocycles. The van der Waals surface area contributed by atoms with E-state index >= 15 is 0 Å². The van der Waals surface area contributed by atoms with Crippen molar-refractivity contribution in [2.24, 2.45) is 0 Å². The fourth-order valence-corrected chi connectivity index (χ4v) is 1.78. The highest BCUT2D eigenvalue weighted by Crippen LogP contribution is 2.07. The first-order chi connectivity index (χ1) is 6.93. The Morgan fingerprint density at radius 2 is 2.29 bits per heavy atom. The lowest BCUT2D eigenvalue weighted by Gasteiger charge is -2.22. The zero-order chi connectivity index (χ0) is 10.1. The molecule has 14 heavy (non-hydrogen) atoms. The second kappa shape index (κ2) is 8.01. The van der Waals surface area contributed by atoms with Gasteiger partial charge in [-0.3, -0.25) is 0 Å². The number of allylic oxidation sites excluding steroid dienone is 1. The number of piperidine rings is 1. The summed E-state index contributed by atoms with van der Waals surface area (Å²) in [6.07, 6.45) is 9.84. The fourth-order valence-electron chi connectivity index (χ4n) is 1.78. The number of ether oxygens (including phenoxy) is 1. The Hall–Kier alpha value is -0.340. The third kappa shape index (κ3) is 5.40. The van der Waals surface area contributed by atoms with Crippen LogP contribution in [0.15, 0.2) is 12.7 Å². The molecule has 1 rings (SSSR count). The van der Waals surface area contributed by atoms with E-state index in [4.69, 9.17) is 4.74 Å². The second-order valence-electron chi connectivity index (χ2n) is 3.98. The van der Waals surface area contributed by atoms with Crippen molar-refractivity contribution in [1.29, 1.82) is 0 Å². The monoisotopic (exact) mass is 197 g/mol. The molecule has 1 aliphatic heterocycles. The van der Waals surface area contributed by atoms with E-state index in [-0.39, 0.29) is 0 Å². The van der Waals surface area contributed by atoms with Crippen LogP contribution < -0.4 is 5.32 Å². The maximum absolute atomic E-state index is 5.77. The Labute approximate surface area is 87.7 Å². The summed E-state index contributed by atoms with van der Waals surface area (Å²) in [4.78, 5) is 0. The summed E-state index contributed by atoms with van der Waals surface area (Å²) < 4.78 is 5.77. The molecule has 1 N–H and O–H groups in total. The lowest BCUT2D eigenvalue weighted by Crippen LogP contribution is -2.35. The van der Waals surface area contributed by atoms with Crippen molar-refractivity contribution in [3.63, 3.8) is 0 Å². The van der Waals surface area contributed by atoms with Crippen LogP contribution in [0.2, 0.25) is 0 Å². The van der Waals surface area contributed by atoms with E-state index in [1.54, 1.807) is 0 Å². The van der Waals surface area contributed by atoms with E-state index in [1.807, 2.05) is 6.08 Å². The summed E-state index contributed by atoms with van der Waals surface area (Å²) in [5.74, 6) is 0. The van der Waals surface area contributed by atoms with Gasteiger partial charge < -0.3 is 10.1 Å². The highest BCUT2D eigenvalue weighted by atomic mass is 16.5. The van der Waals surface area contributed by atoms with Crippen molar-refractivity contribution in [2.75, 3.05) is 19.7 Å². The fraction of sp³-hybridized carbons (Fsp3) is 0.833. The van der Waals surface area contributed by atoms with Crippen molar-refractivity contribution in [2.45, 2.75) is 44.6 Å². The van der Waals surface area contributed by atoms with Gasteiger partial charge in [-0.1, -0.05) is 12.5 Å². The maximum Gasteiger partial charge on any atom is 0.0699 e. The van der Waals surface area contributed by atoms with Gasteiger partial charge in [-0.2, -0.15) is 0 Å². The number of rotatable bonds is 7. The average Bonchev–Trinajstić information content (AvgIpc) is 2.25. The summed E-state index contributed by atoms with van der Waals surface area (Å²) in [7, 11) is 0. The quantitative estimate of drug-likeness (QED) is 0.500. The van der Waals surface area contributed by atoms with Crippen LogP contribution in [0.5, 0.6) is 0 Å². The normalized spacial score (nSPS) is 22.1. The smallest absolute Gasteiger partial charge is 0.0699 e. The SMILES string of the molecule is C=CCCCCCOC1CCCNC1. The van der Waals surface area contributed by atoms with E-state index in [0.29, 0.717) is 6.10 Å².